The number of benzene rings is 1. The molecule has 0 saturated heterocycles. The van der Waals surface area contributed by atoms with Crippen LogP contribution >= 0.6 is 0 Å². The standard InChI is InChI=1S/C23H19F2N7O/c1-11-4-3-5-16-9-17(12(2)29-21-19-20(28-10-27-19)30-23(26)31-21)18(22(33)32(11)16)13-6-14(24)8-15(25)7-13/h3-10,12H,1-2H3,(H4,26,27,28,29,30,31)/t12-/m0/s1. The smallest absolute Gasteiger partial charge is 0.263 e. The van der Waals surface area contributed by atoms with E-state index >= 15 is 0 Å². The molecule has 0 aliphatic rings. The Morgan fingerprint density at radius 2 is 1.88 bits per heavy atom. The fraction of sp³-hybridized carbons (Fsp3) is 0.130. The van der Waals surface area contributed by atoms with Crippen LogP contribution in [0.2, 0.25) is 0 Å². The van der Waals surface area contributed by atoms with Gasteiger partial charge in [-0.25, -0.2) is 13.8 Å². The Hall–Kier alpha value is -4.34. The highest BCUT2D eigenvalue weighted by atomic mass is 19.1. The molecule has 0 spiro atoms. The molecule has 166 valence electrons. The van der Waals surface area contributed by atoms with Gasteiger partial charge in [-0.1, -0.05) is 6.07 Å². The van der Waals surface area contributed by atoms with E-state index in [9.17, 15) is 13.6 Å². The maximum Gasteiger partial charge on any atom is 0.263 e. The van der Waals surface area contributed by atoms with E-state index in [1.54, 1.807) is 19.1 Å². The van der Waals surface area contributed by atoms with Gasteiger partial charge >= 0.3 is 0 Å². The van der Waals surface area contributed by atoms with Gasteiger partial charge in [0, 0.05) is 17.3 Å². The van der Waals surface area contributed by atoms with Crippen molar-refractivity contribution < 1.29 is 8.78 Å². The minimum absolute atomic E-state index is 0.0445. The van der Waals surface area contributed by atoms with E-state index in [1.807, 2.05) is 19.1 Å². The molecule has 5 aromatic rings. The van der Waals surface area contributed by atoms with E-state index in [0.29, 0.717) is 33.8 Å². The number of aromatic nitrogens is 5. The highest BCUT2D eigenvalue weighted by Gasteiger charge is 2.21. The Labute approximate surface area is 186 Å². The summed E-state index contributed by atoms with van der Waals surface area (Å²) in [5.74, 6) is -1.13. The predicted molar refractivity (Wildman–Crippen MR) is 122 cm³/mol. The number of hydrogen-bond donors (Lipinski definition) is 3. The van der Waals surface area contributed by atoms with Crippen LogP contribution in [0.1, 0.15) is 24.2 Å². The number of nitrogen functional groups attached to an aromatic ring is 1. The van der Waals surface area contributed by atoms with E-state index in [1.165, 1.54) is 10.7 Å². The summed E-state index contributed by atoms with van der Waals surface area (Å²) in [5.41, 5.74) is 8.58. The van der Waals surface area contributed by atoms with Crippen molar-refractivity contribution in [3.63, 3.8) is 0 Å². The zero-order chi connectivity index (χ0) is 23.3. The van der Waals surface area contributed by atoms with Gasteiger partial charge in [0.15, 0.2) is 11.5 Å². The van der Waals surface area contributed by atoms with Crippen LogP contribution in [0.5, 0.6) is 0 Å². The van der Waals surface area contributed by atoms with Crippen LogP contribution in [0.25, 0.3) is 27.8 Å². The molecule has 8 nitrogen and oxygen atoms in total. The number of halogens is 2. The van der Waals surface area contributed by atoms with E-state index in [2.05, 4.69) is 25.3 Å². The van der Waals surface area contributed by atoms with Gasteiger partial charge in [-0.15, -0.1) is 0 Å². The van der Waals surface area contributed by atoms with Crippen molar-refractivity contribution in [2.75, 3.05) is 11.1 Å². The molecular formula is C23H19F2N7O. The maximum atomic E-state index is 14.1. The summed E-state index contributed by atoms with van der Waals surface area (Å²) < 4.78 is 29.7. The zero-order valence-electron chi connectivity index (χ0n) is 17.7. The predicted octanol–water partition coefficient (Wildman–Crippen LogP) is 3.97. The number of aromatic amines is 1. The van der Waals surface area contributed by atoms with Crippen molar-refractivity contribution >= 4 is 28.4 Å². The Morgan fingerprint density at radius 1 is 1.12 bits per heavy atom. The van der Waals surface area contributed by atoms with Gasteiger partial charge < -0.3 is 16.0 Å². The fourth-order valence-electron chi connectivity index (χ4n) is 4.06. The van der Waals surface area contributed by atoms with Crippen LogP contribution in [0.4, 0.5) is 20.5 Å². The number of nitrogens with zero attached hydrogens (tertiary/aromatic N) is 4. The lowest BCUT2D eigenvalue weighted by Crippen LogP contribution is -2.22. The Kier molecular flexibility index (Phi) is 4.77. The monoisotopic (exact) mass is 447 g/mol. The average molecular weight is 447 g/mol. The second-order valence-corrected chi connectivity index (χ2v) is 7.76. The van der Waals surface area contributed by atoms with E-state index in [-0.39, 0.29) is 22.6 Å². The quantitative estimate of drug-likeness (QED) is 0.384. The van der Waals surface area contributed by atoms with Crippen LogP contribution in [0, 0.1) is 18.6 Å². The number of rotatable bonds is 4. The number of nitrogens with one attached hydrogen (secondary N) is 2. The van der Waals surface area contributed by atoms with E-state index in [0.717, 1.165) is 18.2 Å². The van der Waals surface area contributed by atoms with Gasteiger partial charge in [-0.2, -0.15) is 9.97 Å². The summed E-state index contributed by atoms with van der Waals surface area (Å²) in [7, 11) is 0. The summed E-state index contributed by atoms with van der Waals surface area (Å²) in [6, 6.07) is 9.82. The molecule has 4 aromatic heterocycles. The normalized spacial score (nSPS) is 12.4. The fourth-order valence-corrected chi connectivity index (χ4v) is 4.06. The Balaban J connectivity index is 1.74. The molecule has 4 N–H and O–H groups in total. The highest BCUT2D eigenvalue weighted by Crippen LogP contribution is 2.31. The highest BCUT2D eigenvalue weighted by molar-refractivity contribution is 5.84. The first-order valence-corrected chi connectivity index (χ1v) is 10.2. The molecule has 0 amide bonds. The summed E-state index contributed by atoms with van der Waals surface area (Å²) in [6.45, 7) is 3.61. The topological polar surface area (TPSA) is 114 Å². The van der Waals surface area contributed by atoms with Crippen LogP contribution in [-0.4, -0.2) is 24.3 Å². The van der Waals surface area contributed by atoms with Crippen molar-refractivity contribution in [2.45, 2.75) is 19.9 Å². The number of fused-ring (bicyclic) bond motifs is 2. The van der Waals surface area contributed by atoms with Crippen molar-refractivity contribution in [3.8, 4) is 11.1 Å². The lowest BCUT2D eigenvalue weighted by atomic mass is 9.96. The molecular weight excluding hydrogens is 428 g/mol. The third kappa shape index (κ3) is 3.55. The first-order chi connectivity index (χ1) is 15.8. The average Bonchev–Trinajstić information content (AvgIpc) is 3.21. The second-order valence-electron chi connectivity index (χ2n) is 7.76. The van der Waals surface area contributed by atoms with Crippen LogP contribution in [0.15, 0.2) is 53.6 Å². The number of nitrogens with two attached hydrogens (primary N) is 1. The number of pyridine rings is 2. The number of H-pyrrole nitrogens is 1. The molecule has 1 aromatic carbocycles. The minimum Gasteiger partial charge on any atom is -0.368 e. The van der Waals surface area contributed by atoms with Crippen LogP contribution < -0.4 is 16.6 Å². The van der Waals surface area contributed by atoms with E-state index in [4.69, 9.17) is 5.73 Å². The Bertz CT molecular complexity index is 1570. The second kappa shape index (κ2) is 7.66. The Morgan fingerprint density at radius 3 is 2.64 bits per heavy atom. The van der Waals surface area contributed by atoms with Crippen LogP contribution in [-0.2, 0) is 0 Å². The van der Waals surface area contributed by atoms with Crippen LogP contribution in [0.3, 0.4) is 0 Å². The molecule has 0 aliphatic heterocycles. The summed E-state index contributed by atoms with van der Waals surface area (Å²) >= 11 is 0. The third-order valence-electron chi connectivity index (χ3n) is 5.49. The molecule has 0 bridgehead atoms. The number of anilines is 2. The van der Waals surface area contributed by atoms with Gasteiger partial charge in [0.05, 0.1) is 17.9 Å². The first-order valence-electron chi connectivity index (χ1n) is 10.2. The van der Waals surface area contributed by atoms with E-state index < -0.39 is 17.7 Å². The largest absolute Gasteiger partial charge is 0.368 e. The summed E-state index contributed by atoms with van der Waals surface area (Å²) in [4.78, 5) is 29.0. The van der Waals surface area contributed by atoms with Crippen molar-refractivity contribution in [2.24, 2.45) is 0 Å². The molecule has 0 unspecified atom stereocenters. The first kappa shape index (κ1) is 20.6. The summed E-state index contributed by atoms with van der Waals surface area (Å²) in [6.07, 6.45) is 1.47. The molecule has 4 heterocycles. The lowest BCUT2D eigenvalue weighted by Gasteiger charge is -2.20. The number of hydrogen-bond acceptors (Lipinski definition) is 6. The van der Waals surface area contributed by atoms with Crippen molar-refractivity contribution in [1.82, 2.24) is 24.3 Å². The molecule has 0 fully saturated rings. The zero-order valence-corrected chi connectivity index (χ0v) is 17.7. The van der Waals surface area contributed by atoms with Gasteiger partial charge in [-0.05, 0) is 55.3 Å². The minimum atomic E-state index is -0.771. The molecule has 33 heavy (non-hydrogen) atoms. The van der Waals surface area contributed by atoms with Crippen molar-refractivity contribution in [3.05, 3.63) is 82.0 Å². The molecule has 10 heteroatoms. The molecule has 0 saturated carbocycles. The van der Waals surface area contributed by atoms with Gasteiger partial charge in [0.1, 0.15) is 17.2 Å². The van der Waals surface area contributed by atoms with Gasteiger partial charge in [-0.3, -0.25) is 9.20 Å². The van der Waals surface area contributed by atoms with Gasteiger partial charge in [0.25, 0.3) is 5.56 Å². The lowest BCUT2D eigenvalue weighted by molar-refractivity contribution is 0.584. The van der Waals surface area contributed by atoms with Gasteiger partial charge in [0.2, 0.25) is 5.95 Å². The third-order valence-corrected chi connectivity index (χ3v) is 5.49. The number of aryl methyl sites for hydroxylation is 1. The summed E-state index contributed by atoms with van der Waals surface area (Å²) in [5, 5.41) is 3.22. The maximum absolute atomic E-state index is 14.1. The molecule has 5 rings (SSSR count). The SMILES string of the molecule is Cc1cccc2cc([C@H](C)Nc3nc(N)nc4[nH]cnc34)c(-c3cc(F)cc(F)c3)c(=O)n12. The van der Waals surface area contributed by atoms with Crippen molar-refractivity contribution in [1.29, 1.82) is 0 Å². The molecule has 0 radical (unpaired) electrons. The number of imidazole rings is 1. The molecule has 0 aliphatic carbocycles. The molecule has 1 atom stereocenters.